The highest BCUT2D eigenvalue weighted by atomic mass is 16.2. The Balaban J connectivity index is 2.76. The number of hydrogen-bond donors (Lipinski definition) is 1. The molecule has 0 radical (unpaired) electrons. The van der Waals surface area contributed by atoms with Gasteiger partial charge in [0.1, 0.15) is 6.61 Å². The quantitative estimate of drug-likeness (QED) is 0.500. The second-order valence-corrected chi connectivity index (χ2v) is 1.86. The number of hydrogen-bond acceptors (Lipinski definition) is 2. The summed E-state index contributed by atoms with van der Waals surface area (Å²) in [5.74, 6) is 5.26. The lowest BCUT2D eigenvalue weighted by molar-refractivity contribution is 0.350. The summed E-state index contributed by atoms with van der Waals surface area (Å²) in [6.45, 7) is -0.102. The van der Waals surface area contributed by atoms with E-state index in [1.165, 1.54) is 0 Å². The van der Waals surface area contributed by atoms with Crippen molar-refractivity contribution < 1.29 is 5.11 Å². The van der Waals surface area contributed by atoms with E-state index in [2.05, 4.69) is 16.9 Å². The fourth-order valence-electron chi connectivity index (χ4n) is 0.627. The van der Waals surface area contributed by atoms with Crippen molar-refractivity contribution in [2.45, 2.75) is 0 Å². The molecule has 0 spiro atoms. The third-order valence-corrected chi connectivity index (χ3v) is 1.02. The molecule has 1 aromatic heterocycles. The van der Waals surface area contributed by atoms with Crippen LogP contribution in [0.25, 0.3) is 0 Å². The van der Waals surface area contributed by atoms with Gasteiger partial charge in [-0.05, 0) is 0 Å². The lowest BCUT2D eigenvalue weighted by Gasteiger charge is -1.79. The highest BCUT2D eigenvalue weighted by Crippen LogP contribution is 1.90. The minimum atomic E-state index is -0.102. The van der Waals surface area contributed by atoms with Gasteiger partial charge in [-0.3, -0.25) is 4.68 Å². The Morgan fingerprint density at radius 2 is 2.60 bits per heavy atom. The smallest absolute Gasteiger partial charge is 0.104 e. The summed E-state index contributed by atoms with van der Waals surface area (Å²) in [6.07, 6.45) is 3.45. The van der Waals surface area contributed by atoms with E-state index in [1.807, 2.05) is 7.05 Å². The standard InChI is InChI=1S/C7H8N2O/c1-9-6-7(5-8-9)3-2-4-10/h5-6,10H,4H2,1H3. The maximum Gasteiger partial charge on any atom is 0.104 e. The van der Waals surface area contributed by atoms with Crippen molar-refractivity contribution in [3.8, 4) is 11.8 Å². The molecule has 1 rings (SSSR count). The third kappa shape index (κ3) is 1.61. The molecule has 1 heterocycles. The summed E-state index contributed by atoms with van der Waals surface area (Å²) in [5.41, 5.74) is 0.830. The van der Waals surface area contributed by atoms with E-state index in [9.17, 15) is 0 Å². The third-order valence-electron chi connectivity index (χ3n) is 1.02. The van der Waals surface area contributed by atoms with Gasteiger partial charge in [0.15, 0.2) is 0 Å². The Labute approximate surface area is 59.3 Å². The van der Waals surface area contributed by atoms with Gasteiger partial charge in [0, 0.05) is 13.2 Å². The molecule has 0 atom stereocenters. The summed E-state index contributed by atoms with van der Waals surface area (Å²) < 4.78 is 1.67. The predicted octanol–water partition coefficient (Wildman–Crippen LogP) is -0.236. The van der Waals surface area contributed by atoms with E-state index >= 15 is 0 Å². The Hall–Kier alpha value is -1.27. The molecule has 3 nitrogen and oxygen atoms in total. The second-order valence-electron chi connectivity index (χ2n) is 1.86. The van der Waals surface area contributed by atoms with Gasteiger partial charge in [-0.25, -0.2) is 0 Å². The average Bonchev–Trinajstić information content (AvgIpc) is 2.31. The lowest BCUT2D eigenvalue weighted by Crippen LogP contribution is -1.84. The predicted molar refractivity (Wildman–Crippen MR) is 37.2 cm³/mol. The van der Waals surface area contributed by atoms with E-state index in [0.717, 1.165) is 5.56 Å². The van der Waals surface area contributed by atoms with Gasteiger partial charge in [0.25, 0.3) is 0 Å². The number of rotatable bonds is 0. The van der Waals surface area contributed by atoms with Gasteiger partial charge in [-0.1, -0.05) is 11.8 Å². The van der Waals surface area contributed by atoms with Crippen molar-refractivity contribution in [2.75, 3.05) is 6.61 Å². The highest BCUT2D eigenvalue weighted by Gasteiger charge is 1.86. The first kappa shape index (κ1) is 6.84. The number of aliphatic hydroxyl groups excluding tert-OH is 1. The molecule has 0 unspecified atom stereocenters. The van der Waals surface area contributed by atoms with Crippen LogP contribution in [-0.4, -0.2) is 21.5 Å². The molecule has 10 heavy (non-hydrogen) atoms. The summed E-state index contributed by atoms with van der Waals surface area (Å²) in [6, 6.07) is 0. The summed E-state index contributed by atoms with van der Waals surface area (Å²) >= 11 is 0. The average molecular weight is 136 g/mol. The number of aryl methyl sites for hydroxylation is 1. The van der Waals surface area contributed by atoms with Gasteiger partial charge >= 0.3 is 0 Å². The normalized spacial score (nSPS) is 8.60. The highest BCUT2D eigenvalue weighted by molar-refractivity contribution is 5.29. The van der Waals surface area contributed by atoms with Gasteiger partial charge in [0.05, 0.1) is 11.8 Å². The zero-order chi connectivity index (χ0) is 7.40. The van der Waals surface area contributed by atoms with E-state index in [-0.39, 0.29) is 6.61 Å². The molecule has 1 aromatic rings. The van der Waals surface area contributed by atoms with Gasteiger partial charge < -0.3 is 5.11 Å². The largest absolute Gasteiger partial charge is 0.384 e. The molecule has 52 valence electrons. The first-order valence-electron chi connectivity index (χ1n) is 2.91. The second kappa shape index (κ2) is 3.04. The summed E-state index contributed by atoms with van der Waals surface area (Å²) in [4.78, 5) is 0. The first-order valence-corrected chi connectivity index (χ1v) is 2.91. The Bertz CT molecular complexity index is 267. The summed E-state index contributed by atoms with van der Waals surface area (Å²) in [7, 11) is 1.82. The molecule has 1 N–H and O–H groups in total. The molecule has 0 amide bonds. The van der Waals surface area contributed by atoms with Crippen molar-refractivity contribution in [3.05, 3.63) is 18.0 Å². The van der Waals surface area contributed by atoms with Crippen molar-refractivity contribution >= 4 is 0 Å². The van der Waals surface area contributed by atoms with Gasteiger partial charge in [-0.15, -0.1) is 0 Å². The van der Waals surface area contributed by atoms with Crippen LogP contribution < -0.4 is 0 Å². The number of aromatic nitrogens is 2. The number of aliphatic hydroxyl groups is 1. The van der Waals surface area contributed by atoms with Crippen LogP contribution in [0.3, 0.4) is 0 Å². The zero-order valence-electron chi connectivity index (χ0n) is 5.70. The van der Waals surface area contributed by atoms with Gasteiger partial charge in [0.2, 0.25) is 0 Å². The molecule has 0 aliphatic carbocycles. The van der Waals surface area contributed by atoms with Crippen molar-refractivity contribution in [1.29, 1.82) is 0 Å². The topological polar surface area (TPSA) is 38.0 Å². The SMILES string of the molecule is Cn1cc(C#CCO)cn1. The van der Waals surface area contributed by atoms with Crippen LogP contribution in [0.2, 0.25) is 0 Å². The fourth-order valence-corrected chi connectivity index (χ4v) is 0.627. The maximum absolute atomic E-state index is 8.33. The van der Waals surface area contributed by atoms with E-state index in [4.69, 9.17) is 5.11 Å². The minimum absolute atomic E-state index is 0.102. The summed E-state index contributed by atoms with van der Waals surface area (Å²) in [5, 5.41) is 12.2. The Morgan fingerprint density at radius 1 is 1.80 bits per heavy atom. The van der Waals surface area contributed by atoms with Crippen LogP contribution in [-0.2, 0) is 7.05 Å². The Morgan fingerprint density at radius 3 is 3.10 bits per heavy atom. The van der Waals surface area contributed by atoms with Crippen LogP contribution in [0.5, 0.6) is 0 Å². The van der Waals surface area contributed by atoms with Crippen LogP contribution in [0, 0.1) is 11.8 Å². The van der Waals surface area contributed by atoms with E-state index in [1.54, 1.807) is 17.1 Å². The van der Waals surface area contributed by atoms with Crippen LogP contribution in [0.4, 0.5) is 0 Å². The molecule has 0 bridgehead atoms. The van der Waals surface area contributed by atoms with Crippen molar-refractivity contribution in [1.82, 2.24) is 9.78 Å². The molecule has 3 heteroatoms. The van der Waals surface area contributed by atoms with Crippen molar-refractivity contribution in [2.24, 2.45) is 7.05 Å². The van der Waals surface area contributed by atoms with Crippen LogP contribution in [0.1, 0.15) is 5.56 Å². The molecule has 0 aliphatic rings. The van der Waals surface area contributed by atoms with Gasteiger partial charge in [-0.2, -0.15) is 5.10 Å². The van der Waals surface area contributed by atoms with Crippen LogP contribution in [0.15, 0.2) is 12.4 Å². The first-order chi connectivity index (χ1) is 4.83. The molecule has 0 aliphatic heterocycles. The molecule has 0 fully saturated rings. The van der Waals surface area contributed by atoms with E-state index in [0.29, 0.717) is 0 Å². The minimum Gasteiger partial charge on any atom is -0.384 e. The lowest BCUT2D eigenvalue weighted by atomic mass is 10.4. The maximum atomic E-state index is 8.33. The number of nitrogens with zero attached hydrogens (tertiary/aromatic N) is 2. The fraction of sp³-hybridized carbons (Fsp3) is 0.286. The van der Waals surface area contributed by atoms with E-state index < -0.39 is 0 Å². The molecular weight excluding hydrogens is 128 g/mol. The molecule has 0 saturated carbocycles. The monoisotopic (exact) mass is 136 g/mol. The molecule has 0 aromatic carbocycles. The Kier molecular flexibility index (Phi) is 2.08. The molecule has 0 saturated heterocycles. The zero-order valence-corrected chi connectivity index (χ0v) is 5.70. The van der Waals surface area contributed by atoms with Crippen molar-refractivity contribution in [3.63, 3.8) is 0 Å². The van der Waals surface area contributed by atoms with Crippen LogP contribution >= 0.6 is 0 Å². The molecular formula is C7H8N2O.